The van der Waals surface area contributed by atoms with Crippen LogP contribution in [0.2, 0.25) is 0 Å². The maximum atomic E-state index is 13.7. The van der Waals surface area contributed by atoms with Crippen molar-refractivity contribution in [1.29, 1.82) is 0 Å². The number of hydrogen-bond acceptors (Lipinski definition) is 26. The highest BCUT2D eigenvalue weighted by Crippen LogP contribution is 2.41. The van der Waals surface area contributed by atoms with Gasteiger partial charge >= 0.3 is 6.18 Å². The Hall–Kier alpha value is -12.3. The van der Waals surface area contributed by atoms with Gasteiger partial charge in [-0.15, -0.1) is 8.80 Å². The van der Waals surface area contributed by atoms with Crippen molar-refractivity contribution in [3.63, 3.8) is 0 Å². The summed E-state index contributed by atoms with van der Waals surface area (Å²) in [7, 11) is -26.5. The molecule has 15 rings (SSSR count). The number of anilines is 7. The lowest BCUT2D eigenvalue weighted by molar-refractivity contribution is -0.137. The molecule has 48 heteroatoms. The lowest BCUT2D eigenvalue weighted by Gasteiger charge is -2.36. The van der Waals surface area contributed by atoms with Crippen LogP contribution in [0.25, 0.3) is 29.0 Å². The molecule has 0 saturated heterocycles. The number of sulfonamides is 6. The summed E-state index contributed by atoms with van der Waals surface area (Å²) >= 11 is 0. The first-order chi connectivity index (χ1) is 56.7. The van der Waals surface area contributed by atoms with E-state index in [1.54, 1.807) is 31.2 Å². The first kappa shape index (κ1) is 89.0. The van der Waals surface area contributed by atoms with Gasteiger partial charge in [-0.3, -0.25) is 60.8 Å². The fraction of sp³-hybridized carbons (Fsp3) is 0.284. The van der Waals surface area contributed by atoms with Crippen molar-refractivity contribution in [2.24, 2.45) is 26.5 Å². The van der Waals surface area contributed by atoms with Crippen LogP contribution in [-0.2, 0) is 99.4 Å². The Morgan fingerprint density at radius 2 is 0.967 bits per heavy atom. The SMILES string of the molecule is C=S(C)(=O)Nc1ccc2c(c1)S(=O)(=O)N=C(c1cccc(C(F)(F)F)c1)N2.CC(C)CCC1(C)C(=O)C(C2=NS(=O)(=O)c3cc(NS(C)(=O)=O)ccc3N2)=C(O)c2ccnn21.CC(C)CCn1c(=O)c(=C2Nc3ccc(NS(C)(=O)=O)cc3S(=O)(=O)N2)c(=O)n2ccnc12.CC(C)CCn1c(=O)c(=C2Nc3ccccc3S(=O)(=O)N2)c(=O)n2ccnc12. The number of alkyl halides is 3. The zero-order valence-electron chi connectivity index (χ0n) is 66.2. The summed E-state index contributed by atoms with van der Waals surface area (Å²) in [4.78, 5) is 73.7. The van der Waals surface area contributed by atoms with Gasteiger partial charge < -0.3 is 31.1 Å². The standard InChI is InChI=1S/C21H25N5O6S2.C19H22N6O6S2.C18H19N5O4S.C16H14F3N3O3S2/c1-12(2)7-9-21(3)19(28)17(18(27)15-8-10-22-26(15)21)20-23-14-6-5-13(24-33(4,29)30)11-16(14)34(31,32)25-20;1-11(2)6-8-24-17(26)15(18(27)25-9-7-20-19(24)25)16-21-13-5-4-12(22-32(3,28)29)10-14(13)33(30,31)23-16;1-11(2)7-9-22-16(24)14(17(25)23-10-8-19-18(22)23)15-20-12-5-3-4-6-13(12)28(26,27)21-15;1-26(2,23)21-12-6-7-13-14(9-12)27(24,25)22-15(20-13)10-4-3-5-11(8-10)16(17,18)19/h5-6,8,10-12,24,27H,7,9H2,1-4H3,(H,23,25);4-5,7,9-11,21-23H,6,8H2,1-3H3;3-6,8,10-11,20-21H,7,9H2,1-2H3;3-9H,1H2,2H3,(H,20,22)(H,21,23). The minimum Gasteiger partial charge on any atom is -0.505 e. The second kappa shape index (κ2) is 33.0. The van der Waals surface area contributed by atoms with E-state index in [9.17, 15) is 97.0 Å². The Balaban J connectivity index is 0.000000149. The Morgan fingerprint density at radius 1 is 0.525 bits per heavy atom. The molecule has 10 N–H and O–H groups in total. The third kappa shape index (κ3) is 18.9. The van der Waals surface area contributed by atoms with Crippen LogP contribution in [0, 0.1) is 17.8 Å². The first-order valence-electron chi connectivity index (χ1n) is 36.6. The summed E-state index contributed by atoms with van der Waals surface area (Å²) in [5, 5.41) is 25.7. The topological polar surface area (TPSA) is 523 Å². The van der Waals surface area contributed by atoms with Crippen LogP contribution in [0.5, 0.6) is 0 Å². The number of rotatable bonds is 17. The molecular weight excluding hydrogens is 1740 g/mol. The molecule has 2 atom stereocenters. The molecule has 5 aliphatic rings. The van der Waals surface area contributed by atoms with E-state index in [-0.39, 0.29) is 122 Å². The van der Waals surface area contributed by atoms with Crippen LogP contribution >= 0.6 is 0 Å². The van der Waals surface area contributed by atoms with Gasteiger partial charge in [0.2, 0.25) is 31.6 Å². The van der Waals surface area contributed by atoms with E-state index in [0.29, 0.717) is 56.3 Å². The number of fused-ring (bicyclic) bond motifs is 7. The molecule has 648 valence electrons. The van der Waals surface area contributed by atoms with Crippen molar-refractivity contribution in [3.05, 3.63) is 214 Å². The van der Waals surface area contributed by atoms with Gasteiger partial charge in [-0.1, -0.05) is 65.8 Å². The number of imidazole rings is 2. The van der Waals surface area contributed by atoms with Crippen LogP contribution in [0.4, 0.5) is 53.0 Å². The van der Waals surface area contributed by atoms with Crippen molar-refractivity contribution in [1.82, 2.24) is 47.1 Å². The molecule has 10 aromatic rings. The number of aryl methyl sites for hydroxylation is 2. The van der Waals surface area contributed by atoms with Crippen LogP contribution < -0.4 is 77.6 Å². The average Bonchev–Trinajstić information content (AvgIpc) is 1.32. The summed E-state index contributed by atoms with van der Waals surface area (Å²) in [6.07, 6.45) is 8.30. The number of para-hydroxylation sites is 1. The van der Waals surface area contributed by atoms with Crippen LogP contribution in [0.1, 0.15) is 91.0 Å². The number of nitrogens with one attached hydrogen (secondary N) is 9. The number of hydrogen-bond donors (Lipinski definition) is 10. The molecule has 0 amide bonds. The Bertz CT molecular complexity index is 7380. The number of ketones is 1. The minimum absolute atomic E-state index is 0.0180. The molecule has 0 spiro atoms. The molecule has 0 aliphatic carbocycles. The molecule has 10 heterocycles. The van der Waals surface area contributed by atoms with Gasteiger partial charge in [-0.25, -0.2) is 52.5 Å². The molecule has 5 aromatic heterocycles. The fourth-order valence-electron chi connectivity index (χ4n) is 13.1. The molecule has 122 heavy (non-hydrogen) atoms. The van der Waals surface area contributed by atoms with Gasteiger partial charge in [0, 0.05) is 82.7 Å². The molecule has 0 radical (unpaired) electrons. The van der Waals surface area contributed by atoms with Gasteiger partial charge in [-0.2, -0.15) is 35.1 Å². The summed E-state index contributed by atoms with van der Waals surface area (Å²) in [5.74, 6) is 2.86. The van der Waals surface area contributed by atoms with Gasteiger partial charge in [0.15, 0.2) is 23.2 Å². The normalized spacial score (nSPS) is 18.5. The van der Waals surface area contributed by atoms with E-state index >= 15 is 0 Å². The number of aliphatic hydroxyl groups excluding tert-OH is 1. The predicted molar refractivity (Wildman–Crippen MR) is 455 cm³/mol. The van der Waals surface area contributed by atoms with Crippen molar-refractivity contribution in [2.45, 2.75) is 119 Å². The van der Waals surface area contributed by atoms with E-state index in [2.05, 4.69) is 74.6 Å². The fourth-order valence-corrected chi connectivity index (χ4v) is 19.6. The molecular formula is C74H80F3N19O19S7. The van der Waals surface area contributed by atoms with Gasteiger partial charge in [0.25, 0.3) is 62.3 Å². The first-order valence-corrected chi connectivity index (χ1v) is 48.4. The van der Waals surface area contributed by atoms with E-state index < -0.39 is 121 Å². The van der Waals surface area contributed by atoms with E-state index in [4.69, 9.17) is 0 Å². The Morgan fingerprint density at radius 3 is 1.44 bits per heavy atom. The Labute approximate surface area is 696 Å². The molecule has 2 unspecified atom stereocenters. The predicted octanol–water partition coefficient (Wildman–Crippen LogP) is 4.96. The highest BCUT2D eigenvalue weighted by molar-refractivity contribution is 8.00. The lowest BCUT2D eigenvalue weighted by Crippen LogP contribution is -2.53. The van der Waals surface area contributed by atoms with Crippen molar-refractivity contribution < 1.29 is 77.8 Å². The summed E-state index contributed by atoms with van der Waals surface area (Å²) < 4.78 is 224. The van der Waals surface area contributed by atoms with E-state index in [0.717, 1.165) is 36.8 Å². The summed E-state index contributed by atoms with van der Waals surface area (Å²) in [6, 6.07) is 23.9. The number of carbonyl (C=O) groups is 1. The highest BCUT2D eigenvalue weighted by atomic mass is 32.2. The van der Waals surface area contributed by atoms with E-state index in [1.807, 2.05) is 41.5 Å². The van der Waals surface area contributed by atoms with Crippen LogP contribution in [-0.4, -0.2) is 140 Å². The number of amidine groups is 2. The third-order valence-electron chi connectivity index (χ3n) is 18.9. The van der Waals surface area contributed by atoms with Gasteiger partial charge in [-0.05, 0) is 141 Å². The average molecular weight is 1820 g/mol. The quantitative estimate of drug-likeness (QED) is 0.0538. The zero-order valence-corrected chi connectivity index (χ0v) is 71.9. The largest absolute Gasteiger partial charge is 0.505 e. The number of aliphatic hydroxyl groups is 1. The molecule has 38 nitrogen and oxygen atoms in total. The second-order valence-electron chi connectivity index (χ2n) is 30.1. The monoisotopic (exact) mass is 1820 g/mol. The van der Waals surface area contributed by atoms with Gasteiger partial charge in [0.1, 0.15) is 58.5 Å². The van der Waals surface area contributed by atoms with Crippen molar-refractivity contribution in [2.75, 3.05) is 54.2 Å². The zero-order chi connectivity index (χ0) is 89.3. The van der Waals surface area contributed by atoms with Crippen molar-refractivity contribution in [3.8, 4) is 0 Å². The number of halogens is 3. The maximum Gasteiger partial charge on any atom is 0.416 e. The maximum absolute atomic E-state index is 13.7. The van der Waals surface area contributed by atoms with E-state index in [1.165, 1.54) is 121 Å². The molecule has 0 fully saturated rings. The number of Topliss-reactive ketones (excluding diaryl/α,β-unsaturated/α-hetero) is 1. The third-order valence-corrected chi connectivity index (χ3v) is 26.2. The molecule has 0 bridgehead atoms. The Kier molecular flexibility index (Phi) is 24.0. The molecule has 5 aromatic carbocycles. The summed E-state index contributed by atoms with van der Waals surface area (Å²) in [6.45, 7) is 14.4. The molecule has 0 saturated carbocycles. The lowest BCUT2D eigenvalue weighted by atomic mass is 9.81. The van der Waals surface area contributed by atoms with Gasteiger partial charge in [0.05, 0.1) is 40.8 Å². The highest BCUT2D eigenvalue weighted by Gasteiger charge is 2.48. The van der Waals surface area contributed by atoms with Crippen LogP contribution in [0.15, 0.2) is 193 Å². The number of benzene rings is 5. The van der Waals surface area contributed by atoms with Crippen molar-refractivity contribution >= 4 is 162 Å². The van der Waals surface area contributed by atoms with Crippen LogP contribution in [0.3, 0.4) is 0 Å². The number of nitrogens with zero attached hydrogens (tertiary/aromatic N) is 10. The molecule has 5 aliphatic heterocycles. The number of aromatic nitrogens is 8. The number of carbonyl (C=O) groups excluding carboxylic acids is 1. The smallest absolute Gasteiger partial charge is 0.416 e. The second-order valence-corrected chi connectivity index (χ2v) is 42.2. The minimum atomic E-state index is -4.57. The summed E-state index contributed by atoms with van der Waals surface area (Å²) in [5.41, 5.74) is -3.69.